The SMILES string of the molecule is COc1ccccc1OCNC(=O)NC(C)c1ccc2c(c1)CCCC2. The zero-order chi connectivity index (χ0) is 18.4. The maximum absolute atomic E-state index is 12.1. The lowest BCUT2D eigenvalue weighted by Gasteiger charge is -2.20. The number of methoxy groups -OCH3 is 1. The molecule has 5 heteroatoms. The zero-order valence-electron chi connectivity index (χ0n) is 15.4. The van der Waals surface area contributed by atoms with E-state index < -0.39 is 0 Å². The molecule has 0 aromatic heterocycles. The highest BCUT2D eigenvalue weighted by atomic mass is 16.5. The van der Waals surface area contributed by atoms with Crippen LogP contribution in [0.15, 0.2) is 42.5 Å². The van der Waals surface area contributed by atoms with Crippen LogP contribution >= 0.6 is 0 Å². The Bertz CT molecular complexity index is 761. The van der Waals surface area contributed by atoms with Crippen molar-refractivity contribution in [3.05, 3.63) is 59.2 Å². The Labute approximate surface area is 154 Å². The van der Waals surface area contributed by atoms with Crippen LogP contribution in [0.3, 0.4) is 0 Å². The van der Waals surface area contributed by atoms with Gasteiger partial charge in [-0.05, 0) is 61.4 Å². The lowest BCUT2D eigenvalue weighted by Crippen LogP contribution is -2.39. The fraction of sp³-hybridized carbons (Fsp3) is 0.381. The molecule has 26 heavy (non-hydrogen) atoms. The molecule has 2 aromatic rings. The number of urea groups is 1. The smallest absolute Gasteiger partial charge is 0.317 e. The summed E-state index contributed by atoms with van der Waals surface area (Å²) in [6.45, 7) is 2.06. The summed E-state index contributed by atoms with van der Waals surface area (Å²) in [5, 5.41) is 5.67. The monoisotopic (exact) mass is 354 g/mol. The summed E-state index contributed by atoms with van der Waals surface area (Å²) in [7, 11) is 1.59. The number of carbonyl (C=O) groups excluding carboxylic acids is 1. The number of carbonyl (C=O) groups is 1. The van der Waals surface area contributed by atoms with Gasteiger partial charge >= 0.3 is 6.03 Å². The van der Waals surface area contributed by atoms with Gasteiger partial charge in [-0.1, -0.05) is 30.3 Å². The first-order chi connectivity index (χ1) is 12.7. The van der Waals surface area contributed by atoms with E-state index >= 15 is 0 Å². The first-order valence-corrected chi connectivity index (χ1v) is 9.09. The molecule has 2 amide bonds. The molecule has 5 nitrogen and oxygen atoms in total. The fourth-order valence-corrected chi connectivity index (χ4v) is 3.27. The highest BCUT2D eigenvalue weighted by Crippen LogP contribution is 2.26. The van der Waals surface area contributed by atoms with E-state index in [1.165, 1.54) is 24.0 Å². The number of benzene rings is 2. The van der Waals surface area contributed by atoms with E-state index in [9.17, 15) is 4.79 Å². The van der Waals surface area contributed by atoms with Gasteiger partial charge in [-0.2, -0.15) is 0 Å². The molecule has 2 N–H and O–H groups in total. The van der Waals surface area contributed by atoms with E-state index in [1.54, 1.807) is 13.2 Å². The van der Waals surface area contributed by atoms with Crippen LogP contribution in [-0.2, 0) is 12.8 Å². The molecule has 0 bridgehead atoms. The number of rotatable bonds is 6. The van der Waals surface area contributed by atoms with Gasteiger partial charge < -0.3 is 20.1 Å². The summed E-state index contributed by atoms with van der Waals surface area (Å²) in [5.74, 6) is 1.23. The van der Waals surface area contributed by atoms with E-state index in [2.05, 4.69) is 28.8 Å². The second kappa shape index (κ2) is 8.61. The van der Waals surface area contributed by atoms with Gasteiger partial charge in [0.2, 0.25) is 0 Å². The molecule has 1 atom stereocenters. The molecule has 0 saturated carbocycles. The molecule has 0 heterocycles. The summed E-state index contributed by atoms with van der Waals surface area (Å²) in [6, 6.07) is 13.6. The predicted octanol–water partition coefficient (Wildman–Crippen LogP) is 3.97. The molecule has 0 spiro atoms. The van der Waals surface area contributed by atoms with Crippen molar-refractivity contribution in [2.24, 2.45) is 0 Å². The molecule has 2 aromatic carbocycles. The van der Waals surface area contributed by atoms with Gasteiger partial charge in [-0.25, -0.2) is 4.79 Å². The first kappa shape index (κ1) is 18.1. The minimum Gasteiger partial charge on any atom is -0.493 e. The number of amides is 2. The third-order valence-electron chi connectivity index (χ3n) is 4.75. The van der Waals surface area contributed by atoms with Crippen molar-refractivity contribution in [2.45, 2.75) is 38.6 Å². The van der Waals surface area contributed by atoms with Crippen LogP contribution in [0.25, 0.3) is 0 Å². The molecule has 0 radical (unpaired) electrons. The van der Waals surface area contributed by atoms with Crippen molar-refractivity contribution in [2.75, 3.05) is 13.8 Å². The summed E-state index contributed by atoms with van der Waals surface area (Å²) in [6.07, 6.45) is 4.82. The average molecular weight is 354 g/mol. The molecule has 0 saturated heterocycles. The number of hydrogen-bond acceptors (Lipinski definition) is 3. The summed E-state index contributed by atoms with van der Waals surface area (Å²) in [4.78, 5) is 12.1. The van der Waals surface area contributed by atoms with Crippen LogP contribution in [-0.4, -0.2) is 19.9 Å². The standard InChI is InChI=1S/C21H26N2O3/c1-15(17-12-11-16-7-3-4-8-18(16)13-17)23-21(24)22-14-26-20-10-6-5-9-19(20)25-2/h5-6,9-13,15H,3-4,7-8,14H2,1-2H3,(H2,22,23,24). The van der Waals surface area contributed by atoms with Crippen LogP contribution in [0, 0.1) is 0 Å². The fourth-order valence-electron chi connectivity index (χ4n) is 3.27. The molecular formula is C21H26N2O3. The van der Waals surface area contributed by atoms with E-state index in [-0.39, 0.29) is 18.8 Å². The van der Waals surface area contributed by atoms with Gasteiger partial charge in [-0.15, -0.1) is 0 Å². The Morgan fingerprint density at radius 1 is 1.08 bits per heavy atom. The van der Waals surface area contributed by atoms with Gasteiger partial charge in [0.05, 0.1) is 13.2 Å². The molecule has 1 aliphatic carbocycles. The van der Waals surface area contributed by atoms with E-state index in [1.807, 2.05) is 25.1 Å². The average Bonchev–Trinajstić information content (AvgIpc) is 2.68. The lowest BCUT2D eigenvalue weighted by atomic mass is 9.89. The van der Waals surface area contributed by atoms with Gasteiger partial charge in [0.1, 0.15) is 0 Å². The van der Waals surface area contributed by atoms with Crippen molar-refractivity contribution in [1.82, 2.24) is 10.6 Å². The highest BCUT2D eigenvalue weighted by molar-refractivity contribution is 5.74. The molecule has 1 aliphatic rings. The third-order valence-corrected chi connectivity index (χ3v) is 4.75. The van der Waals surface area contributed by atoms with Crippen LogP contribution in [0.5, 0.6) is 11.5 Å². The Morgan fingerprint density at radius 2 is 1.81 bits per heavy atom. The first-order valence-electron chi connectivity index (χ1n) is 9.09. The lowest BCUT2D eigenvalue weighted by molar-refractivity contribution is 0.219. The number of nitrogens with one attached hydrogen (secondary N) is 2. The van der Waals surface area contributed by atoms with Crippen LogP contribution in [0.4, 0.5) is 4.79 Å². The molecule has 0 fully saturated rings. The van der Waals surface area contributed by atoms with Crippen molar-refractivity contribution in [3.63, 3.8) is 0 Å². The van der Waals surface area contributed by atoms with Gasteiger partial charge in [0, 0.05) is 0 Å². The largest absolute Gasteiger partial charge is 0.493 e. The van der Waals surface area contributed by atoms with E-state index in [4.69, 9.17) is 9.47 Å². The van der Waals surface area contributed by atoms with Crippen molar-refractivity contribution in [3.8, 4) is 11.5 Å². The molecule has 138 valence electrons. The molecule has 3 rings (SSSR count). The van der Waals surface area contributed by atoms with Crippen LogP contribution in [0.1, 0.15) is 42.5 Å². The van der Waals surface area contributed by atoms with Crippen molar-refractivity contribution >= 4 is 6.03 Å². The Hall–Kier alpha value is -2.69. The predicted molar refractivity (Wildman–Crippen MR) is 102 cm³/mol. The second-order valence-electron chi connectivity index (χ2n) is 6.55. The summed E-state index contributed by atoms with van der Waals surface area (Å²) in [5.41, 5.74) is 4.00. The molecule has 0 aliphatic heterocycles. The minimum atomic E-state index is -0.259. The number of hydrogen-bond donors (Lipinski definition) is 2. The number of para-hydroxylation sites is 2. The summed E-state index contributed by atoms with van der Waals surface area (Å²) < 4.78 is 10.8. The minimum absolute atomic E-state index is 0.0616. The van der Waals surface area contributed by atoms with Gasteiger partial charge in [0.15, 0.2) is 18.2 Å². The Kier molecular flexibility index (Phi) is 6.00. The number of ether oxygens (including phenoxy) is 2. The van der Waals surface area contributed by atoms with Crippen molar-refractivity contribution in [1.29, 1.82) is 0 Å². The highest BCUT2D eigenvalue weighted by Gasteiger charge is 2.14. The van der Waals surface area contributed by atoms with Gasteiger partial charge in [-0.3, -0.25) is 0 Å². The van der Waals surface area contributed by atoms with E-state index in [0.29, 0.717) is 11.5 Å². The molecular weight excluding hydrogens is 328 g/mol. The molecule has 1 unspecified atom stereocenters. The van der Waals surface area contributed by atoms with Crippen molar-refractivity contribution < 1.29 is 14.3 Å². The third kappa shape index (κ3) is 4.48. The van der Waals surface area contributed by atoms with Crippen LogP contribution < -0.4 is 20.1 Å². The zero-order valence-corrected chi connectivity index (χ0v) is 15.4. The number of aryl methyl sites for hydroxylation is 2. The van der Waals surface area contributed by atoms with E-state index in [0.717, 1.165) is 18.4 Å². The maximum Gasteiger partial charge on any atom is 0.317 e. The van der Waals surface area contributed by atoms with Gasteiger partial charge in [0.25, 0.3) is 0 Å². The van der Waals surface area contributed by atoms with Crippen LogP contribution in [0.2, 0.25) is 0 Å². The Balaban J connectivity index is 1.50. The second-order valence-corrected chi connectivity index (χ2v) is 6.55. The Morgan fingerprint density at radius 3 is 2.58 bits per heavy atom. The quantitative estimate of drug-likeness (QED) is 0.772. The summed E-state index contributed by atoms with van der Waals surface area (Å²) >= 11 is 0. The normalized spacial score (nSPS) is 14.1. The number of fused-ring (bicyclic) bond motifs is 1. The maximum atomic E-state index is 12.1. The topological polar surface area (TPSA) is 59.6 Å².